The number of nitrogens with zero attached hydrogens (tertiary/aromatic N) is 4. The molecule has 0 radical (unpaired) electrons. The Morgan fingerprint density at radius 2 is 1.73 bits per heavy atom. The lowest BCUT2D eigenvalue weighted by atomic mass is 9.90. The van der Waals surface area contributed by atoms with Crippen LogP contribution in [-0.2, 0) is 15.8 Å². The van der Waals surface area contributed by atoms with Crippen LogP contribution in [0.25, 0.3) is 5.52 Å². The fraction of sp³-hybridized carbons (Fsp3) is 0.417. The molecule has 9 heteroatoms. The number of sulfonamides is 1. The number of carbonyl (C=O) groups excluding carboxylic acids is 1. The van der Waals surface area contributed by atoms with Crippen molar-refractivity contribution in [1.82, 2.24) is 18.8 Å². The highest BCUT2D eigenvalue weighted by Gasteiger charge is 2.29. The molecule has 2 aromatic heterocycles. The van der Waals surface area contributed by atoms with Gasteiger partial charge in [-0.3, -0.25) is 4.79 Å². The quantitative estimate of drug-likeness (QED) is 0.547. The van der Waals surface area contributed by atoms with Crippen LogP contribution in [0.15, 0.2) is 48.8 Å². The van der Waals surface area contributed by atoms with Crippen LogP contribution in [0.5, 0.6) is 0 Å². The number of rotatable bonds is 5. The highest BCUT2D eigenvalue weighted by molar-refractivity contribution is 7.88. The number of benzene rings is 1. The molecule has 3 aromatic rings. The van der Waals surface area contributed by atoms with Crippen LogP contribution in [-0.4, -0.2) is 59.3 Å². The fourth-order valence-corrected chi connectivity index (χ4v) is 6.55. The van der Waals surface area contributed by atoms with E-state index in [0.717, 1.165) is 55.4 Å². The maximum absolute atomic E-state index is 12.9. The zero-order valence-electron chi connectivity index (χ0n) is 18.4. The van der Waals surface area contributed by atoms with Crippen LogP contribution < -0.4 is 0 Å². The van der Waals surface area contributed by atoms with Crippen LogP contribution >= 0.6 is 11.6 Å². The number of aromatic nitrogens is 2. The molecule has 5 rings (SSSR count). The lowest BCUT2D eigenvalue weighted by Gasteiger charge is -2.31. The van der Waals surface area contributed by atoms with E-state index in [2.05, 4.69) is 11.2 Å². The summed E-state index contributed by atoms with van der Waals surface area (Å²) >= 11 is 5.91. The highest BCUT2D eigenvalue weighted by atomic mass is 35.5. The van der Waals surface area contributed by atoms with E-state index >= 15 is 0 Å². The summed E-state index contributed by atoms with van der Waals surface area (Å²) in [6.07, 6.45) is 7.16. The Kier molecular flexibility index (Phi) is 6.16. The molecular formula is C24H27ClN4O3S. The molecule has 2 aliphatic rings. The molecule has 2 aliphatic heterocycles. The van der Waals surface area contributed by atoms with E-state index in [0.29, 0.717) is 23.7 Å². The lowest BCUT2D eigenvalue weighted by molar-refractivity contribution is 0.0794. The van der Waals surface area contributed by atoms with Gasteiger partial charge in [0.2, 0.25) is 10.0 Å². The molecule has 1 amide bonds. The Morgan fingerprint density at radius 3 is 2.42 bits per heavy atom. The molecule has 2 saturated heterocycles. The third kappa shape index (κ3) is 4.65. The zero-order chi connectivity index (χ0) is 23.0. The minimum Gasteiger partial charge on any atom is -0.339 e. The number of hydrogen-bond acceptors (Lipinski definition) is 4. The average Bonchev–Trinajstić information content (AvgIpc) is 3.50. The number of fused-ring (bicyclic) bond motifs is 1. The first-order valence-corrected chi connectivity index (χ1v) is 13.4. The Labute approximate surface area is 199 Å². The third-order valence-electron chi connectivity index (χ3n) is 6.75. The lowest BCUT2D eigenvalue weighted by Crippen LogP contribution is -2.38. The summed E-state index contributed by atoms with van der Waals surface area (Å²) in [7, 11) is -3.38. The first-order chi connectivity index (χ1) is 15.9. The van der Waals surface area contributed by atoms with E-state index < -0.39 is 10.0 Å². The van der Waals surface area contributed by atoms with Gasteiger partial charge in [-0.2, -0.15) is 5.10 Å². The summed E-state index contributed by atoms with van der Waals surface area (Å²) in [6.45, 7) is 2.59. The van der Waals surface area contributed by atoms with Gasteiger partial charge in [0.1, 0.15) is 0 Å². The Balaban J connectivity index is 1.28. The van der Waals surface area contributed by atoms with Crippen molar-refractivity contribution >= 4 is 33.0 Å². The molecular weight excluding hydrogens is 460 g/mol. The number of piperidine rings is 1. The van der Waals surface area contributed by atoms with Gasteiger partial charge < -0.3 is 4.90 Å². The van der Waals surface area contributed by atoms with Gasteiger partial charge in [0.05, 0.1) is 23.0 Å². The number of carbonyl (C=O) groups is 1. The van der Waals surface area contributed by atoms with Crippen molar-refractivity contribution in [3.8, 4) is 0 Å². The van der Waals surface area contributed by atoms with Crippen LogP contribution in [0.1, 0.15) is 53.1 Å². The van der Waals surface area contributed by atoms with Crippen molar-refractivity contribution < 1.29 is 13.2 Å². The summed E-state index contributed by atoms with van der Waals surface area (Å²) in [5.41, 5.74) is 3.33. The zero-order valence-corrected chi connectivity index (χ0v) is 19.9. The second-order valence-corrected chi connectivity index (χ2v) is 11.3. The topological polar surface area (TPSA) is 75.0 Å². The maximum Gasteiger partial charge on any atom is 0.257 e. The second-order valence-electron chi connectivity index (χ2n) is 8.90. The number of amides is 1. The SMILES string of the molecule is O=C(c1cnn2ccc(C3CCN(S(=O)(=O)Cc4ccc(Cl)cc4)CC3)cc12)N1CCCC1. The van der Waals surface area contributed by atoms with Crippen molar-refractivity contribution in [2.24, 2.45) is 0 Å². The molecule has 0 atom stereocenters. The minimum absolute atomic E-state index is 0.0153. The summed E-state index contributed by atoms with van der Waals surface area (Å²) < 4.78 is 29.2. The summed E-state index contributed by atoms with van der Waals surface area (Å²) in [6, 6.07) is 11.0. The Bertz CT molecular complexity index is 1260. The largest absolute Gasteiger partial charge is 0.339 e. The van der Waals surface area contributed by atoms with E-state index in [1.807, 2.05) is 17.2 Å². The summed E-state index contributed by atoms with van der Waals surface area (Å²) in [5, 5.41) is 4.96. The van der Waals surface area contributed by atoms with Gasteiger partial charge in [0.25, 0.3) is 5.91 Å². The van der Waals surface area contributed by atoms with E-state index in [1.54, 1.807) is 39.3 Å². The molecule has 7 nitrogen and oxygen atoms in total. The molecule has 0 spiro atoms. The first-order valence-electron chi connectivity index (χ1n) is 11.4. The number of hydrogen-bond donors (Lipinski definition) is 0. The Morgan fingerprint density at radius 1 is 1.03 bits per heavy atom. The molecule has 1 aromatic carbocycles. The van der Waals surface area contributed by atoms with Gasteiger partial charge in [-0.15, -0.1) is 0 Å². The molecule has 0 saturated carbocycles. The van der Waals surface area contributed by atoms with Gasteiger partial charge in [-0.05, 0) is 67.0 Å². The van der Waals surface area contributed by atoms with Crippen molar-refractivity contribution in [2.45, 2.75) is 37.4 Å². The van der Waals surface area contributed by atoms with Gasteiger partial charge in [-0.25, -0.2) is 17.2 Å². The maximum atomic E-state index is 12.9. The van der Waals surface area contributed by atoms with Gasteiger partial charge >= 0.3 is 0 Å². The van der Waals surface area contributed by atoms with Crippen LogP contribution in [0, 0.1) is 0 Å². The normalized spacial score (nSPS) is 18.3. The van der Waals surface area contributed by atoms with Crippen molar-refractivity contribution in [2.75, 3.05) is 26.2 Å². The monoisotopic (exact) mass is 486 g/mol. The molecule has 0 N–H and O–H groups in total. The van der Waals surface area contributed by atoms with Crippen molar-refractivity contribution in [1.29, 1.82) is 0 Å². The molecule has 174 valence electrons. The fourth-order valence-electron chi connectivity index (χ4n) is 4.86. The second kappa shape index (κ2) is 9.08. The summed E-state index contributed by atoms with van der Waals surface area (Å²) in [5.74, 6) is 0.280. The number of likely N-dealkylation sites (tertiary alicyclic amines) is 1. The average molecular weight is 487 g/mol. The van der Waals surface area contributed by atoms with Gasteiger partial charge in [0, 0.05) is 37.4 Å². The molecule has 0 bridgehead atoms. The van der Waals surface area contributed by atoms with Crippen LogP contribution in [0.4, 0.5) is 0 Å². The summed E-state index contributed by atoms with van der Waals surface area (Å²) in [4.78, 5) is 14.8. The molecule has 2 fully saturated rings. The predicted molar refractivity (Wildman–Crippen MR) is 128 cm³/mol. The van der Waals surface area contributed by atoms with Gasteiger partial charge in [0.15, 0.2) is 0 Å². The smallest absolute Gasteiger partial charge is 0.257 e. The van der Waals surface area contributed by atoms with Crippen LogP contribution in [0.3, 0.4) is 0 Å². The van der Waals surface area contributed by atoms with Crippen molar-refractivity contribution in [3.63, 3.8) is 0 Å². The van der Waals surface area contributed by atoms with E-state index in [-0.39, 0.29) is 17.6 Å². The van der Waals surface area contributed by atoms with Crippen LogP contribution in [0.2, 0.25) is 5.02 Å². The van der Waals surface area contributed by atoms with E-state index in [1.165, 1.54) is 0 Å². The highest BCUT2D eigenvalue weighted by Crippen LogP contribution is 2.31. The molecule has 33 heavy (non-hydrogen) atoms. The number of halogens is 1. The minimum atomic E-state index is -3.38. The number of pyridine rings is 1. The van der Waals surface area contributed by atoms with E-state index in [4.69, 9.17) is 11.6 Å². The van der Waals surface area contributed by atoms with E-state index in [9.17, 15) is 13.2 Å². The van der Waals surface area contributed by atoms with Gasteiger partial charge in [-0.1, -0.05) is 23.7 Å². The standard InChI is InChI=1S/C24H27ClN4O3S/c25-21-5-3-18(4-6-21)17-33(31,32)28-12-7-19(8-13-28)20-9-14-29-23(15-20)22(16-26-29)24(30)27-10-1-2-11-27/h3-6,9,14-16,19H,1-2,7-8,10-13,17H2. The predicted octanol–water partition coefficient (Wildman–Crippen LogP) is 3.93. The third-order valence-corrected chi connectivity index (χ3v) is 8.85. The Hall–Kier alpha value is -2.42. The molecule has 0 unspecified atom stereocenters. The molecule has 4 heterocycles. The van der Waals surface area contributed by atoms with Crippen molar-refractivity contribution in [3.05, 3.63) is 70.5 Å². The first kappa shape index (κ1) is 22.4. The molecule has 0 aliphatic carbocycles.